The largest absolute Gasteiger partial charge is 0.342 e. The van der Waals surface area contributed by atoms with Crippen molar-refractivity contribution >= 4 is 23.3 Å². The van der Waals surface area contributed by atoms with Crippen molar-refractivity contribution in [2.24, 2.45) is 4.99 Å². The van der Waals surface area contributed by atoms with Gasteiger partial charge in [-0.2, -0.15) is 0 Å². The van der Waals surface area contributed by atoms with Crippen LogP contribution in [0.25, 0.3) is 0 Å². The van der Waals surface area contributed by atoms with E-state index in [1.54, 1.807) is 0 Å². The SMILES string of the molecule is CN=C1CSc2ccccc2N1. The van der Waals surface area contributed by atoms with E-state index in [0.29, 0.717) is 0 Å². The van der Waals surface area contributed by atoms with Crippen molar-refractivity contribution in [3.8, 4) is 0 Å². The second kappa shape index (κ2) is 3.19. The fourth-order valence-corrected chi connectivity index (χ4v) is 2.10. The quantitative estimate of drug-likeness (QED) is 0.659. The first-order chi connectivity index (χ1) is 5.90. The number of anilines is 1. The highest BCUT2D eigenvalue weighted by Crippen LogP contribution is 2.30. The summed E-state index contributed by atoms with van der Waals surface area (Å²) in [4.78, 5) is 5.44. The molecule has 0 aliphatic carbocycles. The van der Waals surface area contributed by atoms with Gasteiger partial charge in [-0.1, -0.05) is 12.1 Å². The fourth-order valence-electron chi connectivity index (χ4n) is 1.15. The molecule has 0 saturated carbocycles. The Bertz CT molecular complexity index is 320. The summed E-state index contributed by atoms with van der Waals surface area (Å²) >= 11 is 1.83. The van der Waals surface area contributed by atoms with E-state index in [-0.39, 0.29) is 0 Å². The van der Waals surface area contributed by atoms with Crippen LogP contribution in [0.15, 0.2) is 34.2 Å². The molecule has 0 spiro atoms. The molecule has 0 bridgehead atoms. The number of benzene rings is 1. The summed E-state index contributed by atoms with van der Waals surface area (Å²) in [5, 5.41) is 3.28. The predicted octanol–water partition coefficient (Wildman–Crippen LogP) is 2.23. The van der Waals surface area contributed by atoms with Gasteiger partial charge in [0, 0.05) is 11.9 Å². The summed E-state index contributed by atoms with van der Waals surface area (Å²) in [6.07, 6.45) is 0. The first-order valence-corrected chi connectivity index (χ1v) is 4.83. The van der Waals surface area contributed by atoms with Gasteiger partial charge < -0.3 is 5.32 Å². The van der Waals surface area contributed by atoms with Gasteiger partial charge in [0.15, 0.2) is 0 Å². The molecule has 0 atom stereocenters. The number of nitrogens with one attached hydrogen (secondary N) is 1. The zero-order valence-electron chi connectivity index (χ0n) is 6.87. The Hall–Kier alpha value is -0.960. The molecule has 1 aromatic carbocycles. The Morgan fingerprint density at radius 2 is 2.25 bits per heavy atom. The van der Waals surface area contributed by atoms with Crippen LogP contribution >= 0.6 is 11.8 Å². The van der Waals surface area contributed by atoms with E-state index in [9.17, 15) is 0 Å². The van der Waals surface area contributed by atoms with E-state index in [1.807, 2.05) is 24.9 Å². The van der Waals surface area contributed by atoms with Crippen LogP contribution in [0, 0.1) is 0 Å². The lowest BCUT2D eigenvalue weighted by Gasteiger charge is -2.18. The molecule has 62 valence electrons. The van der Waals surface area contributed by atoms with Crippen LogP contribution in [0.1, 0.15) is 0 Å². The van der Waals surface area contributed by atoms with Gasteiger partial charge in [0.2, 0.25) is 0 Å². The van der Waals surface area contributed by atoms with Crippen LogP contribution in [0.5, 0.6) is 0 Å². The van der Waals surface area contributed by atoms with Crippen molar-refractivity contribution in [3.63, 3.8) is 0 Å². The van der Waals surface area contributed by atoms with Crippen molar-refractivity contribution < 1.29 is 0 Å². The minimum absolute atomic E-state index is 0.952. The van der Waals surface area contributed by atoms with Gasteiger partial charge in [0.1, 0.15) is 5.84 Å². The maximum Gasteiger partial charge on any atom is 0.111 e. The number of thioether (sulfide) groups is 1. The molecule has 3 heteroatoms. The monoisotopic (exact) mass is 178 g/mol. The summed E-state index contributed by atoms with van der Waals surface area (Å²) in [5.41, 5.74) is 1.18. The van der Waals surface area contributed by atoms with E-state index in [4.69, 9.17) is 0 Å². The Labute approximate surface area is 76.1 Å². The molecular formula is C9H10N2S. The third kappa shape index (κ3) is 1.32. The lowest BCUT2D eigenvalue weighted by atomic mass is 10.3. The first kappa shape index (κ1) is 7.68. The second-order valence-corrected chi connectivity index (χ2v) is 3.60. The zero-order valence-corrected chi connectivity index (χ0v) is 7.69. The third-order valence-electron chi connectivity index (χ3n) is 1.80. The van der Waals surface area contributed by atoms with Crippen LogP contribution < -0.4 is 5.32 Å². The zero-order chi connectivity index (χ0) is 8.39. The highest BCUT2D eigenvalue weighted by Gasteiger charge is 2.11. The van der Waals surface area contributed by atoms with E-state index < -0.39 is 0 Å². The second-order valence-electron chi connectivity index (χ2n) is 2.58. The summed E-state index contributed by atoms with van der Waals surface area (Å²) in [6, 6.07) is 8.29. The smallest absolute Gasteiger partial charge is 0.111 e. The van der Waals surface area contributed by atoms with Gasteiger partial charge in [-0.15, -0.1) is 11.8 Å². The van der Waals surface area contributed by atoms with Crippen molar-refractivity contribution in [2.75, 3.05) is 18.1 Å². The highest BCUT2D eigenvalue weighted by atomic mass is 32.2. The summed E-state index contributed by atoms with van der Waals surface area (Å²) in [6.45, 7) is 0. The normalized spacial score (nSPS) is 18.6. The summed E-state index contributed by atoms with van der Waals surface area (Å²) < 4.78 is 0. The van der Waals surface area contributed by atoms with Gasteiger partial charge in [-0.25, -0.2) is 0 Å². The average Bonchev–Trinajstić information content (AvgIpc) is 2.17. The average molecular weight is 178 g/mol. The molecule has 1 aromatic rings. The molecule has 0 unspecified atom stereocenters. The van der Waals surface area contributed by atoms with Gasteiger partial charge in [0.25, 0.3) is 0 Å². The third-order valence-corrected chi connectivity index (χ3v) is 2.89. The topological polar surface area (TPSA) is 24.4 Å². The lowest BCUT2D eigenvalue weighted by molar-refractivity contribution is 1.35. The maximum absolute atomic E-state index is 4.13. The van der Waals surface area contributed by atoms with Crippen molar-refractivity contribution in [3.05, 3.63) is 24.3 Å². The van der Waals surface area contributed by atoms with E-state index in [2.05, 4.69) is 28.5 Å². The number of amidine groups is 1. The molecule has 12 heavy (non-hydrogen) atoms. The van der Waals surface area contributed by atoms with Crippen molar-refractivity contribution in [2.45, 2.75) is 4.90 Å². The molecule has 2 nitrogen and oxygen atoms in total. The van der Waals surface area contributed by atoms with Crippen LogP contribution in [-0.4, -0.2) is 18.6 Å². The van der Waals surface area contributed by atoms with Gasteiger partial charge >= 0.3 is 0 Å². The van der Waals surface area contributed by atoms with Crippen LogP contribution in [0.2, 0.25) is 0 Å². The molecule has 1 N–H and O–H groups in total. The lowest BCUT2D eigenvalue weighted by Crippen LogP contribution is -2.18. The molecule has 2 rings (SSSR count). The number of aliphatic imine (C=N–C) groups is 1. The van der Waals surface area contributed by atoms with Crippen LogP contribution in [0.4, 0.5) is 5.69 Å². The fraction of sp³-hybridized carbons (Fsp3) is 0.222. The van der Waals surface area contributed by atoms with Gasteiger partial charge in [-0.3, -0.25) is 4.99 Å². The number of hydrogen-bond donors (Lipinski definition) is 1. The molecule has 0 saturated heterocycles. The highest BCUT2D eigenvalue weighted by molar-refractivity contribution is 8.00. The number of rotatable bonds is 0. The van der Waals surface area contributed by atoms with E-state index in [0.717, 1.165) is 11.6 Å². The molecule has 1 heterocycles. The molecule has 1 aliphatic heterocycles. The van der Waals surface area contributed by atoms with Crippen molar-refractivity contribution in [1.82, 2.24) is 0 Å². The number of para-hydroxylation sites is 1. The van der Waals surface area contributed by atoms with E-state index >= 15 is 0 Å². The standard InChI is InChI=1S/C9H10N2S/c1-10-9-6-12-8-5-3-2-4-7(8)11-9/h2-5H,6H2,1H3,(H,10,11). The van der Waals surface area contributed by atoms with E-state index in [1.165, 1.54) is 10.6 Å². The van der Waals surface area contributed by atoms with Crippen molar-refractivity contribution in [1.29, 1.82) is 0 Å². The van der Waals surface area contributed by atoms with Crippen LogP contribution in [-0.2, 0) is 0 Å². The number of fused-ring (bicyclic) bond motifs is 1. The van der Waals surface area contributed by atoms with Gasteiger partial charge in [0.05, 0.1) is 11.4 Å². The Kier molecular flexibility index (Phi) is 2.04. The molecular weight excluding hydrogens is 168 g/mol. The minimum Gasteiger partial charge on any atom is -0.342 e. The molecule has 0 aromatic heterocycles. The first-order valence-electron chi connectivity index (χ1n) is 3.84. The predicted molar refractivity (Wildman–Crippen MR) is 54.1 cm³/mol. The Morgan fingerprint density at radius 3 is 3.08 bits per heavy atom. The minimum atomic E-state index is 0.952. The number of hydrogen-bond acceptors (Lipinski definition) is 2. The Balaban J connectivity index is 2.35. The molecule has 0 amide bonds. The summed E-state index contributed by atoms with van der Waals surface area (Å²) in [7, 11) is 1.82. The molecule has 1 aliphatic rings. The molecule has 0 fully saturated rings. The summed E-state index contributed by atoms with van der Waals surface area (Å²) in [5.74, 6) is 2.01. The number of nitrogens with zero attached hydrogens (tertiary/aromatic N) is 1. The van der Waals surface area contributed by atoms with Gasteiger partial charge in [-0.05, 0) is 12.1 Å². The van der Waals surface area contributed by atoms with Crippen LogP contribution in [0.3, 0.4) is 0 Å². The Morgan fingerprint density at radius 1 is 1.42 bits per heavy atom. The molecule has 0 radical (unpaired) electrons. The maximum atomic E-state index is 4.13.